The van der Waals surface area contributed by atoms with Gasteiger partial charge in [-0.3, -0.25) is 24.9 Å². The second kappa shape index (κ2) is 9.71. The highest BCUT2D eigenvalue weighted by atomic mass is 19.3. The van der Waals surface area contributed by atoms with Crippen molar-refractivity contribution in [3.8, 4) is 0 Å². The lowest BCUT2D eigenvalue weighted by molar-refractivity contribution is -0.144. The molecular formula is C24H25F4N7O2. The molecule has 196 valence electrons. The average molecular weight is 520 g/mol. The van der Waals surface area contributed by atoms with E-state index in [1.807, 2.05) is 11.8 Å². The van der Waals surface area contributed by atoms with E-state index in [-0.39, 0.29) is 34.7 Å². The van der Waals surface area contributed by atoms with Gasteiger partial charge in [-0.2, -0.15) is 4.39 Å². The predicted octanol–water partition coefficient (Wildman–Crippen LogP) is 2.08. The number of pyridine rings is 3. The van der Waals surface area contributed by atoms with Gasteiger partial charge in [0.2, 0.25) is 5.95 Å². The van der Waals surface area contributed by atoms with Gasteiger partial charge in [0.15, 0.2) is 5.82 Å². The molecule has 2 N–H and O–H groups in total. The molecule has 2 saturated heterocycles. The van der Waals surface area contributed by atoms with Crippen LogP contribution < -0.4 is 15.9 Å². The van der Waals surface area contributed by atoms with E-state index in [2.05, 4.69) is 20.4 Å². The number of aryl methyl sites for hydroxylation is 1. The van der Waals surface area contributed by atoms with Gasteiger partial charge >= 0.3 is 0 Å². The SMILES string of the molecule is CCc1cc2cnc(CN3CCN(c4ccc(C(=O)NN5CC(F)(F)C5)nc4F)CC3)c(F)c2[nH]c1=O. The molecule has 3 aromatic rings. The third kappa shape index (κ3) is 5.14. The molecule has 1 amide bonds. The standard InChI is InChI=1S/C24H25F4N7O2/c1-2-14-9-15-10-29-17(19(25)20(15)31-22(14)36)11-33-5-7-34(8-6-33)18-4-3-16(30-21(18)26)23(37)32-35-12-24(27,28)13-35/h3-4,9-10H,2,5-8,11-13H2,1H3,(H,31,36)(H,32,37). The average Bonchev–Trinajstić information content (AvgIpc) is 2.85. The Labute approximate surface area is 209 Å². The molecule has 2 fully saturated rings. The summed E-state index contributed by atoms with van der Waals surface area (Å²) in [4.78, 5) is 38.6. The van der Waals surface area contributed by atoms with Gasteiger partial charge in [-0.25, -0.2) is 23.2 Å². The molecule has 9 nitrogen and oxygen atoms in total. The maximum absolute atomic E-state index is 15.1. The number of amides is 1. The lowest BCUT2D eigenvalue weighted by atomic mass is 10.1. The van der Waals surface area contributed by atoms with Crippen molar-refractivity contribution in [2.75, 3.05) is 44.2 Å². The first kappa shape index (κ1) is 25.1. The molecule has 5 rings (SSSR count). The summed E-state index contributed by atoms with van der Waals surface area (Å²) in [5, 5.41) is 1.58. The molecule has 0 bridgehead atoms. The van der Waals surface area contributed by atoms with Crippen LogP contribution in [0.5, 0.6) is 0 Å². The van der Waals surface area contributed by atoms with Crippen molar-refractivity contribution < 1.29 is 22.4 Å². The first-order chi connectivity index (χ1) is 17.6. The van der Waals surface area contributed by atoms with E-state index in [0.29, 0.717) is 43.5 Å². The number of alkyl halides is 2. The van der Waals surface area contributed by atoms with Crippen molar-refractivity contribution in [2.24, 2.45) is 0 Å². The molecule has 0 saturated carbocycles. The maximum atomic E-state index is 15.1. The van der Waals surface area contributed by atoms with E-state index in [0.717, 1.165) is 5.01 Å². The second-order valence-corrected chi connectivity index (χ2v) is 9.25. The Kier molecular flexibility index (Phi) is 6.58. The summed E-state index contributed by atoms with van der Waals surface area (Å²) in [6.45, 7) is 2.73. The number of fused-ring (bicyclic) bond motifs is 1. The number of nitrogens with one attached hydrogen (secondary N) is 2. The number of aromatic amines is 1. The van der Waals surface area contributed by atoms with E-state index >= 15 is 4.39 Å². The van der Waals surface area contributed by atoms with Crippen molar-refractivity contribution in [2.45, 2.75) is 25.8 Å². The smallest absolute Gasteiger partial charge is 0.284 e. The van der Waals surface area contributed by atoms with Crippen LogP contribution in [0.15, 0.2) is 29.2 Å². The van der Waals surface area contributed by atoms with Crippen LogP contribution in [0, 0.1) is 11.8 Å². The number of carbonyl (C=O) groups is 1. The van der Waals surface area contributed by atoms with Crippen molar-refractivity contribution >= 4 is 22.5 Å². The summed E-state index contributed by atoms with van der Waals surface area (Å²) in [7, 11) is 0. The van der Waals surface area contributed by atoms with Gasteiger partial charge in [0.1, 0.15) is 5.69 Å². The summed E-state index contributed by atoms with van der Waals surface area (Å²) in [5.41, 5.74) is 2.87. The van der Waals surface area contributed by atoms with Gasteiger partial charge in [0.05, 0.1) is 30.0 Å². The van der Waals surface area contributed by atoms with Crippen LogP contribution in [0.1, 0.15) is 28.7 Å². The number of H-pyrrole nitrogens is 1. The quantitative estimate of drug-likeness (QED) is 0.380. The third-order valence-corrected chi connectivity index (χ3v) is 6.61. The van der Waals surface area contributed by atoms with Gasteiger partial charge in [0, 0.05) is 49.9 Å². The van der Waals surface area contributed by atoms with Crippen molar-refractivity contribution in [3.05, 3.63) is 63.5 Å². The first-order valence-electron chi connectivity index (χ1n) is 11.9. The van der Waals surface area contributed by atoms with Crippen LogP contribution in [0.25, 0.3) is 10.9 Å². The summed E-state index contributed by atoms with van der Waals surface area (Å²) in [5.74, 6) is -5.01. The zero-order chi connectivity index (χ0) is 26.3. The Morgan fingerprint density at radius 3 is 2.54 bits per heavy atom. The monoisotopic (exact) mass is 519 g/mol. The zero-order valence-electron chi connectivity index (χ0n) is 20.0. The van der Waals surface area contributed by atoms with Gasteiger partial charge in [0.25, 0.3) is 17.4 Å². The molecular weight excluding hydrogens is 494 g/mol. The Morgan fingerprint density at radius 2 is 1.89 bits per heavy atom. The predicted molar refractivity (Wildman–Crippen MR) is 127 cm³/mol. The summed E-state index contributed by atoms with van der Waals surface area (Å²) in [6, 6.07) is 4.42. The van der Waals surface area contributed by atoms with E-state index in [1.54, 1.807) is 17.2 Å². The number of anilines is 1. The zero-order valence-corrected chi connectivity index (χ0v) is 20.0. The topological polar surface area (TPSA) is 97.5 Å². The van der Waals surface area contributed by atoms with E-state index in [4.69, 9.17) is 0 Å². The summed E-state index contributed by atoms with van der Waals surface area (Å²) in [6.07, 6.45) is 2.08. The number of nitrogens with zero attached hydrogens (tertiary/aromatic N) is 5. The fourth-order valence-corrected chi connectivity index (χ4v) is 4.54. The number of aromatic nitrogens is 3. The normalized spacial score (nSPS) is 18.1. The Hall–Kier alpha value is -3.58. The molecule has 0 spiro atoms. The lowest BCUT2D eigenvalue weighted by Crippen LogP contribution is -2.62. The fourth-order valence-electron chi connectivity index (χ4n) is 4.54. The number of hydrogen-bond acceptors (Lipinski definition) is 7. The van der Waals surface area contributed by atoms with Crippen LogP contribution in [0.2, 0.25) is 0 Å². The molecule has 0 unspecified atom stereocenters. The molecule has 3 aromatic heterocycles. The van der Waals surface area contributed by atoms with Crippen LogP contribution in [-0.4, -0.2) is 76.0 Å². The number of hydrazine groups is 1. The third-order valence-electron chi connectivity index (χ3n) is 6.61. The minimum absolute atomic E-state index is 0.130. The second-order valence-electron chi connectivity index (χ2n) is 9.25. The van der Waals surface area contributed by atoms with E-state index < -0.39 is 36.7 Å². The minimum atomic E-state index is -2.84. The maximum Gasteiger partial charge on any atom is 0.284 e. The van der Waals surface area contributed by atoms with E-state index in [9.17, 15) is 22.8 Å². The van der Waals surface area contributed by atoms with E-state index in [1.165, 1.54) is 12.1 Å². The largest absolute Gasteiger partial charge is 0.365 e. The Morgan fingerprint density at radius 1 is 1.16 bits per heavy atom. The Bertz CT molecular complexity index is 1400. The molecule has 0 atom stereocenters. The highest BCUT2D eigenvalue weighted by Crippen LogP contribution is 2.25. The molecule has 13 heteroatoms. The summed E-state index contributed by atoms with van der Waals surface area (Å²) < 4.78 is 55.6. The number of piperazine rings is 1. The highest BCUT2D eigenvalue weighted by Gasteiger charge is 2.44. The highest BCUT2D eigenvalue weighted by molar-refractivity contribution is 5.92. The number of carbonyl (C=O) groups excluding carboxylic acids is 1. The number of rotatable bonds is 6. The van der Waals surface area contributed by atoms with Crippen LogP contribution >= 0.6 is 0 Å². The first-order valence-corrected chi connectivity index (χ1v) is 11.9. The summed E-state index contributed by atoms with van der Waals surface area (Å²) >= 11 is 0. The van der Waals surface area contributed by atoms with Crippen LogP contribution in [0.4, 0.5) is 23.2 Å². The molecule has 0 radical (unpaired) electrons. The molecule has 0 aliphatic carbocycles. The molecule has 2 aliphatic rings. The van der Waals surface area contributed by atoms with Crippen molar-refractivity contribution in [3.63, 3.8) is 0 Å². The van der Waals surface area contributed by atoms with Gasteiger partial charge in [-0.05, 0) is 24.6 Å². The molecule has 2 aliphatic heterocycles. The van der Waals surface area contributed by atoms with Crippen LogP contribution in [-0.2, 0) is 13.0 Å². The van der Waals surface area contributed by atoms with Gasteiger partial charge < -0.3 is 9.88 Å². The van der Waals surface area contributed by atoms with Crippen LogP contribution in [0.3, 0.4) is 0 Å². The van der Waals surface area contributed by atoms with Crippen molar-refractivity contribution in [1.82, 2.24) is 30.3 Å². The Balaban J connectivity index is 1.20. The number of halogens is 4. The molecule has 0 aromatic carbocycles. The lowest BCUT2D eigenvalue weighted by Gasteiger charge is -2.38. The van der Waals surface area contributed by atoms with Gasteiger partial charge in [-0.1, -0.05) is 6.92 Å². The number of hydrogen-bond donors (Lipinski definition) is 2. The minimum Gasteiger partial charge on any atom is -0.365 e. The van der Waals surface area contributed by atoms with Gasteiger partial charge in [-0.15, -0.1) is 0 Å². The molecule has 37 heavy (non-hydrogen) atoms. The molecule has 5 heterocycles. The fraction of sp³-hybridized carbons (Fsp3) is 0.417. The van der Waals surface area contributed by atoms with Crippen molar-refractivity contribution in [1.29, 1.82) is 0 Å².